The number of ether oxygens (including phenoxy) is 1. The van der Waals surface area contributed by atoms with Gasteiger partial charge in [0.1, 0.15) is 0 Å². The number of methoxy groups -OCH3 is 1. The smallest absolute Gasteiger partial charge is 0.322 e. The fourth-order valence-electron chi connectivity index (χ4n) is 0.934. The van der Waals surface area contributed by atoms with Crippen molar-refractivity contribution in [3.05, 3.63) is 0 Å². The Kier molecular flexibility index (Phi) is 4.08. The van der Waals surface area contributed by atoms with Gasteiger partial charge in [-0.25, -0.2) is 0 Å². The van der Waals surface area contributed by atoms with Gasteiger partial charge in [0.15, 0.2) is 0 Å². The third kappa shape index (κ3) is 3.57. The summed E-state index contributed by atoms with van der Waals surface area (Å²) in [5.41, 5.74) is 0. The molecule has 0 amide bonds. The molecule has 1 rings (SSSR count). The van der Waals surface area contributed by atoms with E-state index in [4.69, 9.17) is 4.74 Å². The van der Waals surface area contributed by atoms with Gasteiger partial charge in [0.05, 0.1) is 7.11 Å². The van der Waals surface area contributed by atoms with Crippen LogP contribution in [0.2, 0.25) is 0 Å². The molecule has 0 fully saturated rings. The molecule has 1 heterocycles. The normalized spacial score (nSPS) is 10.2. The summed E-state index contributed by atoms with van der Waals surface area (Å²) in [7, 11) is 3.28. The minimum absolute atomic E-state index is 0.306. The molecule has 0 saturated carbocycles. The van der Waals surface area contributed by atoms with E-state index in [9.17, 15) is 0 Å². The lowest BCUT2D eigenvalue weighted by molar-refractivity contribution is 0.379. The fraction of sp³-hybridized carbons (Fsp3) is 0.667. The highest BCUT2D eigenvalue weighted by Gasteiger charge is 2.05. The molecule has 0 spiro atoms. The number of hydrogen-bond acceptors (Lipinski definition) is 6. The summed E-state index contributed by atoms with van der Waals surface area (Å²) in [6, 6.07) is 0.306. The number of anilines is 2. The van der Waals surface area contributed by atoms with Gasteiger partial charge < -0.3 is 15.4 Å². The van der Waals surface area contributed by atoms with E-state index in [1.165, 1.54) is 7.11 Å². The van der Waals surface area contributed by atoms with Crippen molar-refractivity contribution in [1.29, 1.82) is 0 Å². The Morgan fingerprint density at radius 3 is 2.40 bits per heavy atom. The molecule has 0 unspecified atom stereocenters. The van der Waals surface area contributed by atoms with Gasteiger partial charge in [-0.05, 0) is 5.92 Å². The molecule has 6 nitrogen and oxygen atoms in total. The van der Waals surface area contributed by atoms with Crippen LogP contribution in [0.1, 0.15) is 13.8 Å². The predicted octanol–water partition coefficient (Wildman–Crippen LogP) is 0.990. The third-order valence-electron chi connectivity index (χ3n) is 1.69. The van der Waals surface area contributed by atoms with Gasteiger partial charge in [0.25, 0.3) is 0 Å². The van der Waals surface area contributed by atoms with E-state index in [1.807, 2.05) is 0 Å². The summed E-state index contributed by atoms with van der Waals surface area (Å²) < 4.78 is 4.96. The van der Waals surface area contributed by atoms with Crippen molar-refractivity contribution in [2.75, 3.05) is 31.3 Å². The zero-order chi connectivity index (χ0) is 11.3. The van der Waals surface area contributed by atoms with Gasteiger partial charge in [-0.3, -0.25) is 0 Å². The predicted molar refractivity (Wildman–Crippen MR) is 59.3 cm³/mol. The van der Waals surface area contributed by atoms with E-state index in [-0.39, 0.29) is 0 Å². The molecule has 1 aromatic rings. The lowest BCUT2D eigenvalue weighted by atomic mass is 10.2. The van der Waals surface area contributed by atoms with Crippen molar-refractivity contribution in [3.63, 3.8) is 0 Å². The zero-order valence-corrected chi connectivity index (χ0v) is 9.53. The molecule has 0 bridgehead atoms. The lowest BCUT2D eigenvalue weighted by Crippen LogP contribution is -2.12. The monoisotopic (exact) mass is 211 g/mol. The maximum atomic E-state index is 4.96. The van der Waals surface area contributed by atoms with Crippen LogP contribution in [0, 0.1) is 5.92 Å². The van der Waals surface area contributed by atoms with Crippen LogP contribution in [0.3, 0.4) is 0 Å². The number of nitrogens with zero attached hydrogens (tertiary/aromatic N) is 3. The Hall–Kier alpha value is -1.59. The van der Waals surface area contributed by atoms with E-state index < -0.39 is 0 Å². The molecule has 0 aromatic carbocycles. The number of rotatable bonds is 5. The average molecular weight is 211 g/mol. The maximum absolute atomic E-state index is 4.96. The zero-order valence-electron chi connectivity index (χ0n) is 9.53. The van der Waals surface area contributed by atoms with Crippen molar-refractivity contribution in [2.45, 2.75) is 13.8 Å². The summed E-state index contributed by atoms with van der Waals surface area (Å²) in [4.78, 5) is 12.2. The molecule has 1 aromatic heterocycles. The summed E-state index contributed by atoms with van der Waals surface area (Å²) in [6.07, 6.45) is 0. The summed E-state index contributed by atoms with van der Waals surface area (Å²) in [5, 5.41) is 5.96. The van der Waals surface area contributed by atoms with Crippen molar-refractivity contribution in [1.82, 2.24) is 15.0 Å². The second kappa shape index (κ2) is 5.33. The Balaban J connectivity index is 2.77. The maximum Gasteiger partial charge on any atom is 0.322 e. The van der Waals surface area contributed by atoms with Crippen LogP contribution in [0.25, 0.3) is 0 Å². The van der Waals surface area contributed by atoms with Crippen LogP contribution in [0.15, 0.2) is 0 Å². The first kappa shape index (κ1) is 11.5. The van der Waals surface area contributed by atoms with E-state index in [0.717, 1.165) is 6.54 Å². The van der Waals surface area contributed by atoms with Crippen LogP contribution in [0.4, 0.5) is 11.9 Å². The van der Waals surface area contributed by atoms with Gasteiger partial charge in [-0.15, -0.1) is 0 Å². The largest absolute Gasteiger partial charge is 0.467 e. The topological polar surface area (TPSA) is 72.0 Å². The first-order valence-electron chi connectivity index (χ1n) is 4.87. The van der Waals surface area contributed by atoms with E-state index in [0.29, 0.717) is 23.8 Å². The standard InChI is InChI=1S/C9H17N5O/c1-6(2)5-11-8-12-7(10-3)13-9(14-8)15-4/h6H,5H2,1-4H3,(H2,10,11,12,13,14). The Morgan fingerprint density at radius 1 is 1.20 bits per heavy atom. The molecule has 0 saturated heterocycles. The molecule has 0 aliphatic rings. The molecule has 0 aliphatic carbocycles. The van der Waals surface area contributed by atoms with Crippen LogP contribution in [0.5, 0.6) is 6.01 Å². The Morgan fingerprint density at radius 2 is 1.87 bits per heavy atom. The van der Waals surface area contributed by atoms with Crippen molar-refractivity contribution in [3.8, 4) is 6.01 Å². The molecule has 84 valence electrons. The summed E-state index contributed by atoms with van der Waals surface area (Å²) in [5.74, 6) is 1.55. The van der Waals surface area contributed by atoms with Gasteiger partial charge in [0, 0.05) is 13.6 Å². The van der Waals surface area contributed by atoms with E-state index in [1.54, 1.807) is 7.05 Å². The van der Waals surface area contributed by atoms with E-state index in [2.05, 4.69) is 39.4 Å². The quantitative estimate of drug-likeness (QED) is 0.756. The first-order valence-corrected chi connectivity index (χ1v) is 4.87. The lowest BCUT2D eigenvalue weighted by Gasteiger charge is -2.09. The van der Waals surface area contributed by atoms with Gasteiger partial charge in [-0.1, -0.05) is 13.8 Å². The van der Waals surface area contributed by atoms with Crippen LogP contribution in [-0.2, 0) is 0 Å². The highest BCUT2D eigenvalue weighted by atomic mass is 16.5. The molecule has 0 atom stereocenters. The second-order valence-electron chi connectivity index (χ2n) is 3.49. The SMILES string of the molecule is CNc1nc(NCC(C)C)nc(OC)n1. The summed E-state index contributed by atoms with van der Waals surface area (Å²) in [6.45, 7) is 5.05. The van der Waals surface area contributed by atoms with Crippen molar-refractivity contribution in [2.24, 2.45) is 5.92 Å². The molecule has 15 heavy (non-hydrogen) atoms. The molecule has 6 heteroatoms. The average Bonchev–Trinajstić information content (AvgIpc) is 2.25. The third-order valence-corrected chi connectivity index (χ3v) is 1.69. The fourth-order valence-corrected chi connectivity index (χ4v) is 0.934. The minimum Gasteiger partial charge on any atom is -0.467 e. The van der Waals surface area contributed by atoms with Crippen LogP contribution < -0.4 is 15.4 Å². The van der Waals surface area contributed by atoms with Crippen LogP contribution in [-0.4, -0.2) is 35.7 Å². The molecular formula is C9H17N5O. The van der Waals surface area contributed by atoms with Gasteiger partial charge in [0.2, 0.25) is 11.9 Å². The second-order valence-corrected chi connectivity index (χ2v) is 3.49. The number of hydrogen-bond donors (Lipinski definition) is 2. The highest BCUT2D eigenvalue weighted by molar-refractivity contribution is 5.35. The Bertz CT molecular complexity index is 293. The van der Waals surface area contributed by atoms with Gasteiger partial charge >= 0.3 is 6.01 Å². The minimum atomic E-state index is 0.306. The molecular weight excluding hydrogens is 194 g/mol. The van der Waals surface area contributed by atoms with Crippen molar-refractivity contribution < 1.29 is 4.74 Å². The molecule has 0 aliphatic heterocycles. The van der Waals surface area contributed by atoms with Gasteiger partial charge in [-0.2, -0.15) is 15.0 Å². The molecule has 2 N–H and O–H groups in total. The number of nitrogens with one attached hydrogen (secondary N) is 2. The number of aromatic nitrogens is 3. The van der Waals surface area contributed by atoms with E-state index >= 15 is 0 Å². The summed E-state index contributed by atoms with van der Waals surface area (Å²) >= 11 is 0. The van der Waals surface area contributed by atoms with Crippen LogP contribution >= 0.6 is 0 Å². The van der Waals surface area contributed by atoms with Crippen molar-refractivity contribution >= 4 is 11.9 Å². The molecule has 0 radical (unpaired) electrons. The first-order chi connectivity index (χ1) is 7.15. The Labute approximate surface area is 89.5 Å². The highest BCUT2D eigenvalue weighted by Crippen LogP contribution is 2.10.